The number of methoxy groups -OCH3 is 1. The van der Waals surface area contributed by atoms with Crippen LogP contribution in [0.4, 0.5) is 0 Å². The molecule has 0 aromatic carbocycles. The Morgan fingerprint density at radius 1 is 1.50 bits per heavy atom. The summed E-state index contributed by atoms with van der Waals surface area (Å²) in [6.45, 7) is 4.21. The number of hydrogen-bond donors (Lipinski definition) is 2. The van der Waals surface area contributed by atoms with E-state index in [9.17, 15) is 0 Å². The van der Waals surface area contributed by atoms with Crippen molar-refractivity contribution in [3.05, 3.63) is 30.1 Å². The molecule has 1 aromatic heterocycles. The first kappa shape index (κ1) is 13.1. The molecule has 3 N–H and O–H groups in total. The molecule has 1 aromatic rings. The van der Waals surface area contributed by atoms with Crippen LogP contribution in [0.2, 0.25) is 0 Å². The number of hydrazine groups is 1. The normalized spacial score (nSPS) is 13.8. The van der Waals surface area contributed by atoms with Crippen LogP contribution >= 0.6 is 0 Å². The van der Waals surface area contributed by atoms with E-state index < -0.39 is 0 Å². The van der Waals surface area contributed by atoms with Gasteiger partial charge >= 0.3 is 0 Å². The van der Waals surface area contributed by atoms with E-state index in [0.29, 0.717) is 0 Å². The molecule has 0 saturated carbocycles. The minimum atomic E-state index is -0.280. The molecule has 4 heteroatoms. The number of aromatic nitrogens is 1. The third-order valence-corrected chi connectivity index (χ3v) is 3.31. The zero-order chi connectivity index (χ0) is 12.0. The first-order chi connectivity index (χ1) is 7.74. The van der Waals surface area contributed by atoms with Crippen LogP contribution < -0.4 is 11.3 Å². The number of nitrogens with one attached hydrogen (secondary N) is 1. The molecular weight excluding hydrogens is 202 g/mol. The van der Waals surface area contributed by atoms with E-state index in [1.165, 1.54) is 0 Å². The summed E-state index contributed by atoms with van der Waals surface area (Å²) in [5.41, 5.74) is 3.62. The van der Waals surface area contributed by atoms with Gasteiger partial charge in [0.1, 0.15) is 0 Å². The van der Waals surface area contributed by atoms with Crippen LogP contribution in [0.1, 0.15) is 38.3 Å². The zero-order valence-corrected chi connectivity index (χ0v) is 10.2. The van der Waals surface area contributed by atoms with E-state index in [0.717, 1.165) is 18.4 Å². The Bertz CT molecular complexity index is 290. The summed E-state index contributed by atoms with van der Waals surface area (Å²) in [4.78, 5) is 4.12. The van der Waals surface area contributed by atoms with Gasteiger partial charge in [0.25, 0.3) is 0 Å². The number of hydrogen-bond acceptors (Lipinski definition) is 4. The van der Waals surface area contributed by atoms with Crippen molar-refractivity contribution in [2.75, 3.05) is 7.11 Å². The van der Waals surface area contributed by atoms with Crippen LogP contribution in [0.5, 0.6) is 0 Å². The summed E-state index contributed by atoms with van der Waals surface area (Å²) >= 11 is 0. The topological polar surface area (TPSA) is 60.2 Å². The summed E-state index contributed by atoms with van der Waals surface area (Å²) in [7, 11) is 1.73. The zero-order valence-electron chi connectivity index (χ0n) is 10.2. The van der Waals surface area contributed by atoms with Crippen molar-refractivity contribution in [1.29, 1.82) is 0 Å². The van der Waals surface area contributed by atoms with Crippen molar-refractivity contribution in [2.24, 2.45) is 5.84 Å². The molecule has 4 nitrogen and oxygen atoms in total. The fourth-order valence-corrected chi connectivity index (χ4v) is 2.16. The van der Waals surface area contributed by atoms with Gasteiger partial charge in [0.05, 0.1) is 11.6 Å². The molecule has 0 saturated heterocycles. The summed E-state index contributed by atoms with van der Waals surface area (Å²) in [5.74, 6) is 5.66. The average Bonchev–Trinajstić information content (AvgIpc) is 2.37. The Balaban J connectivity index is 3.05. The Hall–Kier alpha value is -0.970. The first-order valence-corrected chi connectivity index (χ1v) is 5.65. The van der Waals surface area contributed by atoms with Crippen LogP contribution in [0.3, 0.4) is 0 Å². The number of nitrogens with zero attached hydrogens (tertiary/aromatic N) is 1. The van der Waals surface area contributed by atoms with Gasteiger partial charge < -0.3 is 4.74 Å². The highest BCUT2D eigenvalue weighted by Crippen LogP contribution is 2.33. The van der Waals surface area contributed by atoms with E-state index in [2.05, 4.69) is 24.3 Å². The highest BCUT2D eigenvalue weighted by atomic mass is 16.5. The third-order valence-electron chi connectivity index (χ3n) is 3.31. The largest absolute Gasteiger partial charge is 0.376 e. The van der Waals surface area contributed by atoms with Gasteiger partial charge in [-0.15, -0.1) is 0 Å². The quantitative estimate of drug-likeness (QED) is 0.570. The monoisotopic (exact) mass is 223 g/mol. The molecule has 0 radical (unpaired) electrons. The standard InChI is InChI=1S/C12H21N3O/c1-4-12(5-2,16-3)11(15-13)10-7-6-8-14-9-10/h6-9,11,15H,4-5,13H2,1-3H3. The summed E-state index contributed by atoms with van der Waals surface area (Å²) in [6, 6.07) is 3.88. The lowest BCUT2D eigenvalue weighted by atomic mass is 9.85. The number of ether oxygens (including phenoxy) is 1. The molecule has 16 heavy (non-hydrogen) atoms. The van der Waals surface area contributed by atoms with E-state index in [-0.39, 0.29) is 11.6 Å². The molecule has 0 amide bonds. The molecule has 0 fully saturated rings. The minimum Gasteiger partial charge on any atom is -0.376 e. The number of rotatable bonds is 6. The van der Waals surface area contributed by atoms with Gasteiger partial charge in [0.2, 0.25) is 0 Å². The second kappa shape index (κ2) is 5.94. The van der Waals surface area contributed by atoms with E-state index in [4.69, 9.17) is 10.6 Å². The lowest BCUT2D eigenvalue weighted by Crippen LogP contribution is -2.47. The smallest absolute Gasteiger partial charge is 0.0880 e. The highest BCUT2D eigenvalue weighted by molar-refractivity contribution is 5.18. The SMILES string of the molecule is CCC(CC)(OC)C(NN)c1cccnc1. The lowest BCUT2D eigenvalue weighted by Gasteiger charge is -2.38. The molecule has 1 unspecified atom stereocenters. The van der Waals surface area contributed by atoms with Gasteiger partial charge in [-0.2, -0.15) is 0 Å². The molecule has 0 bridgehead atoms. The third kappa shape index (κ3) is 2.40. The van der Waals surface area contributed by atoms with Gasteiger partial charge in [-0.05, 0) is 24.5 Å². The molecule has 90 valence electrons. The molecular formula is C12H21N3O. The Morgan fingerprint density at radius 3 is 2.56 bits per heavy atom. The average molecular weight is 223 g/mol. The maximum absolute atomic E-state index is 5.67. The molecule has 0 aliphatic carbocycles. The summed E-state index contributed by atoms with van der Waals surface area (Å²) in [6.07, 6.45) is 5.36. The number of nitrogens with two attached hydrogens (primary N) is 1. The van der Waals surface area contributed by atoms with Gasteiger partial charge in [0.15, 0.2) is 0 Å². The van der Waals surface area contributed by atoms with Crippen LogP contribution in [0.15, 0.2) is 24.5 Å². The molecule has 0 aliphatic rings. The molecule has 1 heterocycles. The fourth-order valence-electron chi connectivity index (χ4n) is 2.16. The predicted octanol–water partition coefficient (Wildman–Crippen LogP) is 1.79. The molecule has 0 spiro atoms. The lowest BCUT2D eigenvalue weighted by molar-refractivity contribution is -0.0487. The number of pyridine rings is 1. The summed E-state index contributed by atoms with van der Waals surface area (Å²) < 4.78 is 5.67. The van der Waals surface area contributed by atoms with Crippen molar-refractivity contribution in [1.82, 2.24) is 10.4 Å². The van der Waals surface area contributed by atoms with Crippen LogP contribution in [0, 0.1) is 0 Å². The van der Waals surface area contributed by atoms with Gasteiger partial charge in [-0.1, -0.05) is 19.9 Å². The van der Waals surface area contributed by atoms with Gasteiger partial charge in [-0.3, -0.25) is 16.3 Å². The van der Waals surface area contributed by atoms with Crippen molar-refractivity contribution >= 4 is 0 Å². The van der Waals surface area contributed by atoms with Crippen LogP contribution in [-0.4, -0.2) is 17.7 Å². The van der Waals surface area contributed by atoms with Crippen molar-refractivity contribution in [3.8, 4) is 0 Å². The highest BCUT2D eigenvalue weighted by Gasteiger charge is 2.36. The maximum Gasteiger partial charge on any atom is 0.0880 e. The minimum absolute atomic E-state index is 0.0406. The second-order valence-electron chi connectivity index (χ2n) is 3.86. The Labute approximate surface area is 97.2 Å². The van der Waals surface area contributed by atoms with Gasteiger partial charge in [-0.25, -0.2) is 0 Å². The second-order valence-corrected chi connectivity index (χ2v) is 3.86. The van der Waals surface area contributed by atoms with E-state index >= 15 is 0 Å². The first-order valence-electron chi connectivity index (χ1n) is 5.65. The van der Waals surface area contributed by atoms with Crippen LogP contribution in [0.25, 0.3) is 0 Å². The van der Waals surface area contributed by atoms with Crippen LogP contribution in [-0.2, 0) is 4.74 Å². The molecule has 1 atom stereocenters. The Kier molecular flexibility index (Phi) is 4.86. The van der Waals surface area contributed by atoms with E-state index in [1.54, 1.807) is 13.3 Å². The Morgan fingerprint density at radius 2 is 2.19 bits per heavy atom. The maximum atomic E-state index is 5.67. The predicted molar refractivity (Wildman–Crippen MR) is 64.6 cm³/mol. The van der Waals surface area contributed by atoms with Crippen molar-refractivity contribution < 1.29 is 4.74 Å². The molecule has 1 rings (SSSR count). The fraction of sp³-hybridized carbons (Fsp3) is 0.583. The summed E-state index contributed by atoms with van der Waals surface area (Å²) in [5, 5.41) is 0. The molecule has 0 aliphatic heterocycles. The van der Waals surface area contributed by atoms with Crippen molar-refractivity contribution in [2.45, 2.75) is 38.3 Å². The van der Waals surface area contributed by atoms with E-state index in [1.807, 2.05) is 18.3 Å². The van der Waals surface area contributed by atoms with Crippen molar-refractivity contribution in [3.63, 3.8) is 0 Å². The van der Waals surface area contributed by atoms with Gasteiger partial charge in [0, 0.05) is 19.5 Å².